The summed E-state index contributed by atoms with van der Waals surface area (Å²) in [4.78, 5) is 17.4. The van der Waals surface area contributed by atoms with Gasteiger partial charge in [-0.15, -0.1) is 0 Å². The van der Waals surface area contributed by atoms with Gasteiger partial charge in [0.2, 0.25) is 0 Å². The Bertz CT molecular complexity index is 982. The number of aromatic nitrogens is 2. The summed E-state index contributed by atoms with van der Waals surface area (Å²) in [6.07, 6.45) is 3.90. The van der Waals surface area contributed by atoms with Gasteiger partial charge in [-0.25, -0.2) is 0 Å². The summed E-state index contributed by atoms with van der Waals surface area (Å²) in [6, 6.07) is 18.7. The fourth-order valence-electron chi connectivity index (χ4n) is 4.38. The maximum atomic E-state index is 13.1. The maximum absolute atomic E-state index is 13.1. The zero-order valence-corrected chi connectivity index (χ0v) is 17.8. The molecule has 0 spiro atoms. The van der Waals surface area contributed by atoms with E-state index in [2.05, 4.69) is 46.3 Å². The summed E-state index contributed by atoms with van der Waals surface area (Å²) < 4.78 is 0. The van der Waals surface area contributed by atoms with Gasteiger partial charge in [0.25, 0.3) is 5.91 Å². The molecule has 2 heterocycles. The van der Waals surface area contributed by atoms with Gasteiger partial charge in [-0.2, -0.15) is 5.10 Å². The van der Waals surface area contributed by atoms with E-state index in [0.29, 0.717) is 18.0 Å². The molecule has 3 aromatic rings. The van der Waals surface area contributed by atoms with E-state index in [0.717, 1.165) is 43.7 Å². The van der Waals surface area contributed by atoms with Gasteiger partial charge in [-0.3, -0.25) is 14.8 Å². The average Bonchev–Trinajstić information content (AvgIpc) is 3.26. The van der Waals surface area contributed by atoms with E-state index in [1.807, 2.05) is 37.4 Å². The quantitative estimate of drug-likeness (QED) is 0.666. The van der Waals surface area contributed by atoms with Crippen molar-refractivity contribution >= 4 is 5.91 Å². The molecule has 0 aliphatic carbocycles. The number of carbonyl (C=O) groups is 1. The van der Waals surface area contributed by atoms with Gasteiger partial charge < -0.3 is 4.90 Å². The van der Waals surface area contributed by atoms with Gasteiger partial charge in [-0.1, -0.05) is 54.6 Å². The minimum absolute atomic E-state index is 0.0265. The first kappa shape index (κ1) is 20.4. The summed E-state index contributed by atoms with van der Waals surface area (Å²) in [6.45, 7) is 5.75. The number of H-pyrrole nitrogens is 1. The zero-order chi connectivity index (χ0) is 20.9. The molecule has 1 amide bonds. The highest BCUT2D eigenvalue weighted by Crippen LogP contribution is 2.29. The van der Waals surface area contributed by atoms with Crippen LogP contribution in [0.3, 0.4) is 0 Å². The van der Waals surface area contributed by atoms with Crippen molar-refractivity contribution in [2.45, 2.75) is 38.8 Å². The highest BCUT2D eigenvalue weighted by molar-refractivity contribution is 5.95. The molecule has 4 rings (SSSR count). The molecular weight excluding hydrogens is 372 g/mol. The van der Waals surface area contributed by atoms with Crippen LogP contribution in [0.2, 0.25) is 0 Å². The summed E-state index contributed by atoms with van der Waals surface area (Å²) in [5, 5.41) is 7.39. The normalized spacial score (nSPS) is 17.1. The number of hydrogen-bond donors (Lipinski definition) is 1. The lowest BCUT2D eigenvalue weighted by Gasteiger charge is -2.33. The van der Waals surface area contributed by atoms with Crippen molar-refractivity contribution in [1.82, 2.24) is 20.0 Å². The number of carbonyl (C=O) groups excluding carboxylic acids is 1. The zero-order valence-electron chi connectivity index (χ0n) is 17.8. The third kappa shape index (κ3) is 4.62. The first-order chi connectivity index (χ1) is 14.6. The molecule has 5 nitrogen and oxygen atoms in total. The Morgan fingerprint density at radius 1 is 1.17 bits per heavy atom. The van der Waals surface area contributed by atoms with E-state index in [1.165, 1.54) is 11.1 Å². The van der Waals surface area contributed by atoms with Crippen LogP contribution < -0.4 is 0 Å². The Kier molecular flexibility index (Phi) is 6.29. The van der Waals surface area contributed by atoms with Crippen molar-refractivity contribution in [1.29, 1.82) is 0 Å². The van der Waals surface area contributed by atoms with Gasteiger partial charge in [0.15, 0.2) is 0 Å². The molecule has 0 unspecified atom stereocenters. The van der Waals surface area contributed by atoms with E-state index >= 15 is 0 Å². The van der Waals surface area contributed by atoms with Crippen molar-refractivity contribution in [3.63, 3.8) is 0 Å². The van der Waals surface area contributed by atoms with E-state index in [4.69, 9.17) is 0 Å². The Hall–Kier alpha value is -2.92. The van der Waals surface area contributed by atoms with Crippen LogP contribution in [-0.2, 0) is 13.1 Å². The molecule has 5 heteroatoms. The third-order valence-electron chi connectivity index (χ3n) is 6.08. The van der Waals surface area contributed by atoms with E-state index in [1.54, 1.807) is 11.1 Å². The molecular formula is C25H30N4O. The number of nitrogens with one attached hydrogen (secondary N) is 1. The van der Waals surface area contributed by atoms with Crippen LogP contribution in [0.4, 0.5) is 0 Å². The van der Waals surface area contributed by atoms with Crippen LogP contribution in [0, 0.1) is 6.92 Å². The Labute approximate surface area is 178 Å². The smallest absolute Gasteiger partial charge is 0.257 e. The number of piperidine rings is 1. The number of amides is 1. The lowest BCUT2D eigenvalue weighted by molar-refractivity contribution is 0.0782. The second-order valence-corrected chi connectivity index (χ2v) is 8.34. The monoisotopic (exact) mass is 402 g/mol. The largest absolute Gasteiger partial charge is 0.337 e. The molecule has 1 aliphatic heterocycles. The van der Waals surface area contributed by atoms with Crippen LogP contribution in [0.1, 0.15) is 51.5 Å². The minimum Gasteiger partial charge on any atom is -0.337 e. The van der Waals surface area contributed by atoms with Crippen LogP contribution in [0.25, 0.3) is 0 Å². The summed E-state index contributed by atoms with van der Waals surface area (Å²) in [7, 11) is 1.86. The minimum atomic E-state index is 0.0265. The highest BCUT2D eigenvalue weighted by Gasteiger charge is 2.28. The Morgan fingerprint density at radius 3 is 2.73 bits per heavy atom. The van der Waals surface area contributed by atoms with Crippen molar-refractivity contribution < 1.29 is 4.79 Å². The molecule has 1 aliphatic rings. The van der Waals surface area contributed by atoms with E-state index in [9.17, 15) is 4.79 Å². The SMILES string of the molecule is Cc1ccccc1CN1CCC[C@H](c2[nH]ncc2C(=O)N(C)Cc2ccccc2)C1. The van der Waals surface area contributed by atoms with Crippen LogP contribution in [0.15, 0.2) is 60.8 Å². The molecule has 30 heavy (non-hydrogen) atoms. The van der Waals surface area contributed by atoms with E-state index in [-0.39, 0.29) is 5.91 Å². The number of benzene rings is 2. The number of hydrogen-bond acceptors (Lipinski definition) is 3. The number of rotatable bonds is 6. The Balaban J connectivity index is 1.45. The van der Waals surface area contributed by atoms with Crippen molar-refractivity contribution in [3.8, 4) is 0 Å². The van der Waals surface area contributed by atoms with Crippen molar-refractivity contribution in [3.05, 3.63) is 88.7 Å². The fraction of sp³-hybridized carbons (Fsp3) is 0.360. The molecule has 0 bridgehead atoms. The molecule has 1 fully saturated rings. The molecule has 0 radical (unpaired) electrons. The molecule has 156 valence electrons. The van der Waals surface area contributed by atoms with Crippen molar-refractivity contribution in [2.24, 2.45) is 0 Å². The predicted octanol–water partition coefficient (Wildman–Crippen LogP) is 4.37. The summed E-state index contributed by atoms with van der Waals surface area (Å²) in [5.41, 5.74) is 5.52. The second kappa shape index (κ2) is 9.26. The van der Waals surface area contributed by atoms with Gasteiger partial charge in [0, 0.05) is 32.6 Å². The predicted molar refractivity (Wildman–Crippen MR) is 119 cm³/mol. The van der Waals surface area contributed by atoms with Crippen LogP contribution in [-0.4, -0.2) is 46.0 Å². The molecule has 2 aromatic carbocycles. The molecule has 1 N–H and O–H groups in total. The van der Waals surface area contributed by atoms with E-state index < -0.39 is 0 Å². The first-order valence-corrected chi connectivity index (χ1v) is 10.7. The van der Waals surface area contributed by atoms with Gasteiger partial charge >= 0.3 is 0 Å². The average molecular weight is 403 g/mol. The van der Waals surface area contributed by atoms with Crippen LogP contribution >= 0.6 is 0 Å². The highest BCUT2D eigenvalue weighted by atomic mass is 16.2. The molecule has 1 aromatic heterocycles. The number of aromatic amines is 1. The summed E-state index contributed by atoms with van der Waals surface area (Å²) >= 11 is 0. The van der Waals surface area contributed by atoms with Gasteiger partial charge in [-0.05, 0) is 43.0 Å². The summed E-state index contributed by atoms with van der Waals surface area (Å²) in [5.74, 6) is 0.327. The number of nitrogens with zero attached hydrogens (tertiary/aromatic N) is 3. The fourth-order valence-corrected chi connectivity index (χ4v) is 4.38. The first-order valence-electron chi connectivity index (χ1n) is 10.7. The van der Waals surface area contributed by atoms with Gasteiger partial charge in [0.1, 0.15) is 0 Å². The van der Waals surface area contributed by atoms with Crippen molar-refractivity contribution in [2.75, 3.05) is 20.1 Å². The maximum Gasteiger partial charge on any atom is 0.257 e. The number of likely N-dealkylation sites (tertiary alicyclic amines) is 1. The molecule has 1 atom stereocenters. The van der Waals surface area contributed by atoms with Gasteiger partial charge in [0.05, 0.1) is 17.5 Å². The lowest BCUT2D eigenvalue weighted by Crippen LogP contribution is -2.35. The molecule has 0 saturated carbocycles. The molecule has 1 saturated heterocycles. The standard InChI is InChI=1S/C25H30N4O/c1-19-9-6-7-12-21(19)17-29-14-8-13-22(18-29)24-23(15-26-27-24)25(30)28(2)16-20-10-4-3-5-11-20/h3-7,9-12,15,22H,8,13-14,16-18H2,1-2H3,(H,26,27)/t22-/m0/s1. The Morgan fingerprint density at radius 2 is 1.93 bits per heavy atom. The second-order valence-electron chi connectivity index (χ2n) is 8.34. The lowest BCUT2D eigenvalue weighted by atomic mass is 9.91. The third-order valence-corrected chi connectivity index (χ3v) is 6.08. The van der Waals surface area contributed by atoms with Crippen LogP contribution in [0.5, 0.6) is 0 Å². The topological polar surface area (TPSA) is 52.2 Å². The number of aryl methyl sites for hydroxylation is 1.